The topological polar surface area (TPSA) is 51.2 Å². The van der Waals surface area contributed by atoms with Gasteiger partial charge in [-0.05, 0) is 0 Å². The molecular weight excluding hydrogens is 257 g/mol. The Morgan fingerprint density at radius 1 is 1.59 bits per heavy atom. The highest BCUT2D eigenvalue weighted by atomic mass is 32.1. The summed E-state index contributed by atoms with van der Waals surface area (Å²) in [4.78, 5) is 14.8. The molecule has 1 N–H and O–H groups in total. The molecule has 0 aliphatic carbocycles. The lowest BCUT2D eigenvalue weighted by Gasteiger charge is -2.05. The van der Waals surface area contributed by atoms with E-state index in [1.54, 1.807) is 5.38 Å². The summed E-state index contributed by atoms with van der Waals surface area (Å²) in [5.74, 6) is -0.372. The minimum atomic E-state index is -4.27. The Balaban J connectivity index is 2.40. The van der Waals surface area contributed by atoms with Gasteiger partial charge in [0, 0.05) is 11.8 Å². The van der Waals surface area contributed by atoms with Gasteiger partial charge in [-0.2, -0.15) is 13.2 Å². The number of esters is 1. The lowest BCUT2D eigenvalue weighted by atomic mass is 10.2. The number of nitrogens with zero attached hydrogens (tertiary/aromatic N) is 1. The van der Waals surface area contributed by atoms with Crippen LogP contribution in [-0.2, 0) is 16.0 Å². The van der Waals surface area contributed by atoms with Crippen LogP contribution in [0.4, 0.5) is 18.3 Å². The van der Waals surface area contributed by atoms with Crippen LogP contribution in [0.1, 0.15) is 12.1 Å². The first kappa shape index (κ1) is 13.8. The number of anilines is 1. The monoisotopic (exact) mass is 268 g/mol. The molecule has 96 valence electrons. The molecular formula is C9H11F3N2O2S. The van der Waals surface area contributed by atoms with Crippen molar-refractivity contribution in [3.63, 3.8) is 0 Å². The normalized spacial score (nSPS) is 11.3. The molecule has 0 bridgehead atoms. The quantitative estimate of drug-likeness (QED) is 0.832. The second-order valence-electron chi connectivity index (χ2n) is 3.19. The van der Waals surface area contributed by atoms with Gasteiger partial charge in [0.1, 0.15) is 6.54 Å². The fraction of sp³-hybridized carbons (Fsp3) is 0.556. The molecule has 1 rings (SSSR count). The van der Waals surface area contributed by atoms with E-state index in [1.165, 1.54) is 7.11 Å². The molecule has 17 heavy (non-hydrogen) atoms. The molecule has 0 spiro atoms. The number of methoxy groups -OCH3 is 1. The number of hydrogen-bond acceptors (Lipinski definition) is 5. The minimum Gasteiger partial charge on any atom is -0.469 e. The van der Waals surface area contributed by atoms with E-state index >= 15 is 0 Å². The zero-order chi connectivity index (χ0) is 12.9. The Hall–Kier alpha value is -1.31. The third-order valence-corrected chi connectivity index (χ3v) is 2.65. The highest BCUT2D eigenvalue weighted by molar-refractivity contribution is 7.13. The lowest BCUT2D eigenvalue weighted by Crippen LogP contribution is -2.21. The van der Waals surface area contributed by atoms with Crippen molar-refractivity contribution in [2.75, 3.05) is 19.0 Å². The molecule has 0 radical (unpaired) electrons. The number of aryl methyl sites for hydroxylation is 1. The highest BCUT2D eigenvalue weighted by Crippen LogP contribution is 2.20. The summed E-state index contributed by atoms with van der Waals surface area (Å²) in [6.45, 7) is -1.11. The molecule has 0 fully saturated rings. The largest absolute Gasteiger partial charge is 0.469 e. The van der Waals surface area contributed by atoms with Gasteiger partial charge in [-0.1, -0.05) is 0 Å². The molecule has 1 aromatic rings. The Morgan fingerprint density at radius 2 is 2.29 bits per heavy atom. The Bertz CT molecular complexity index is 379. The SMILES string of the molecule is COC(=O)CCc1csc(NCC(F)(F)F)n1. The Morgan fingerprint density at radius 3 is 2.88 bits per heavy atom. The number of ether oxygens (including phenoxy) is 1. The van der Waals surface area contributed by atoms with Gasteiger partial charge in [0.05, 0.1) is 19.2 Å². The van der Waals surface area contributed by atoms with Gasteiger partial charge in [0.25, 0.3) is 0 Å². The Kier molecular flexibility index (Phi) is 4.73. The van der Waals surface area contributed by atoms with Crippen LogP contribution in [0.5, 0.6) is 0 Å². The van der Waals surface area contributed by atoms with E-state index < -0.39 is 12.7 Å². The van der Waals surface area contributed by atoms with Gasteiger partial charge in [-0.3, -0.25) is 4.79 Å². The second-order valence-corrected chi connectivity index (χ2v) is 4.05. The minimum absolute atomic E-state index is 0.166. The van der Waals surface area contributed by atoms with Crippen LogP contribution < -0.4 is 5.32 Å². The number of nitrogens with one attached hydrogen (secondary N) is 1. The van der Waals surface area contributed by atoms with Crippen molar-refractivity contribution in [1.82, 2.24) is 4.98 Å². The van der Waals surface area contributed by atoms with E-state index in [4.69, 9.17) is 0 Å². The smallest absolute Gasteiger partial charge is 0.405 e. The molecule has 0 amide bonds. The van der Waals surface area contributed by atoms with E-state index in [0.717, 1.165) is 11.3 Å². The van der Waals surface area contributed by atoms with E-state index in [0.29, 0.717) is 12.1 Å². The van der Waals surface area contributed by atoms with Crippen LogP contribution in [0.25, 0.3) is 0 Å². The molecule has 0 unspecified atom stereocenters. The van der Waals surface area contributed by atoms with E-state index in [9.17, 15) is 18.0 Å². The average Bonchev–Trinajstić information content (AvgIpc) is 2.70. The number of aromatic nitrogens is 1. The Labute approximate surface area is 99.8 Å². The van der Waals surface area contributed by atoms with E-state index in [1.807, 2.05) is 0 Å². The van der Waals surface area contributed by atoms with Crippen molar-refractivity contribution >= 4 is 22.4 Å². The molecule has 1 aromatic heterocycles. The van der Waals surface area contributed by atoms with Crippen LogP contribution in [0.15, 0.2) is 5.38 Å². The fourth-order valence-corrected chi connectivity index (χ4v) is 1.75. The van der Waals surface area contributed by atoms with Gasteiger partial charge in [-0.15, -0.1) is 11.3 Å². The van der Waals surface area contributed by atoms with Crippen molar-refractivity contribution in [3.8, 4) is 0 Å². The molecule has 0 saturated heterocycles. The number of carbonyl (C=O) groups excluding carboxylic acids is 1. The number of thiazole rings is 1. The third kappa shape index (κ3) is 5.53. The van der Waals surface area contributed by atoms with Crippen molar-refractivity contribution in [2.24, 2.45) is 0 Å². The number of rotatable bonds is 5. The maximum absolute atomic E-state index is 11.9. The van der Waals surface area contributed by atoms with Crippen LogP contribution >= 0.6 is 11.3 Å². The number of carbonyl (C=O) groups is 1. The zero-order valence-corrected chi connectivity index (χ0v) is 9.82. The fourth-order valence-electron chi connectivity index (χ4n) is 1.01. The molecule has 0 aromatic carbocycles. The predicted molar refractivity (Wildman–Crippen MR) is 57.0 cm³/mol. The third-order valence-electron chi connectivity index (χ3n) is 1.80. The summed E-state index contributed by atoms with van der Waals surface area (Å²) < 4.78 is 40.1. The summed E-state index contributed by atoms with van der Waals surface area (Å²) in [7, 11) is 1.28. The molecule has 0 atom stereocenters. The van der Waals surface area contributed by atoms with Crippen molar-refractivity contribution in [3.05, 3.63) is 11.1 Å². The van der Waals surface area contributed by atoms with Crippen LogP contribution in [-0.4, -0.2) is 30.8 Å². The summed E-state index contributed by atoms with van der Waals surface area (Å²) in [5.41, 5.74) is 0.574. The van der Waals surface area contributed by atoms with Gasteiger partial charge < -0.3 is 10.1 Å². The molecule has 0 saturated carbocycles. The van der Waals surface area contributed by atoms with Crippen molar-refractivity contribution < 1.29 is 22.7 Å². The maximum Gasteiger partial charge on any atom is 0.405 e. The summed E-state index contributed by atoms with van der Waals surface area (Å²) in [6.07, 6.45) is -3.74. The van der Waals surface area contributed by atoms with Crippen LogP contribution in [0.3, 0.4) is 0 Å². The molecule has 4 nitrogen and oxygen atoms in total. The first-order valence-electron chi connectivity index (χ1n) is 4.72. The molecule has 0 aliphatic heterocycles. The maximum atomic E-state index is 11.9. The van der Waals surface area contributed by atoms with Gasteiger partial charge in [0.2, 0.25) is 0 Å². The van der Waals surface area contributed by atoms with Crippen molar-refractivity contribution in [2.45, 2.75) is 19.0 Å². The van der Waals surface area contributed by atoms with Crippen LogP contribution in [0, 0.1) is 0 Å². The average molecular weight is 268 g/mol. The summed E-state index contributed by atoms with van der Waals surface area (Å²) >= 11 is 1.08. The van der Waals surface area contributed by atoms with Gasteiger partial charge in [-0.25, -0.2) is 4.98 Å². The molecule has 1 heterocycles. The van der Waals surface area contributed by atoms with E-state index in [2.05, 4.69) is 15.0 Å². The molecule has 0 aliphatic rings. The van der Waals surface area contributed by atoms with Crippen LogP contribution in [0.2, 0.25) is 0 Å². The standard InChI is InChI=1S/C9H11F3N2O2S/c1-16-7(15)3-2-6-4-17-8(14-6)13-5-9(10,11)12/h4H,2-3,5H2,1H3,(H,13,14). The lowest BCUT2D eigenvalue weighted by molar-refractivity contribution is -0.140. The molecule has 8 heteroatoms. The number of halogens is 3. The zero-order valence-electron chi connectivity index (χ0n) is 9.00. The van der Waals surface area contributed by atoms with Gasteiger partial charge >= 0.3 is 12.1 Å². The first-order valence-corrected chi connectivity index (χ1v) is 5.60. The van der Waals surface area contributed by atoms with Gasteiger partial charge in [0.15, 0.2) is 5.13 Å². The summed E-state index contributed by atoms with van der Waals surface area (Å²) in [5, 5.41) is 3.98. The number of hydrogen-bond donors (Lipinski definition) is 1. The predicted octanol–water partition coefficient (Wildman–Crippen LogP) is 2.22. The number of alkyl halides is 3. The van der Waals surface area contributed by atoms with E-state index in [-0.39, 0.29) is 17.5 Å². The highest BCUT2D eigenvalue weighted by Gasteiger charge is 2.27. The second kappa shape index (κ2) is 5.85. The van der Waals surface area contributed by atoms with Crippen molar-refractivity contribution in [1.29, 1.82) is 0 Å². The first-order chi connectivity index (χ1) is 7.90. The summed E-state index contributed by atoms with van der Waals surface area (Å²) in [6, 6.07) is 0.